The fourth-order valence-electron chi connectivity index (χ4n) is 3.54. The third kappa shape index (κ3) is 3.47. The second-order valence-corrected chi connectivity index (χ2v) is 6.23. The molecule has 2 aliphatic heterocycles. The van der Waals surface area contributed by atoms with Crippen molar-refractivity contribution in [3.63, 3.8) is 0 Å². The lowest BCUT2D eigenvalue weighted by atomic mass is 10.1. The summed E-state index contributed by atoms with van der Waals surface area (Å²) in [7, 11) is 0. The molecule has 0 aliphatic carbocycles. The van der Waals surface area contributed by atoms with Gasteiger partial charge in [-0.1, -0.05) is 24.0 Å². The molecular weight excluding hydrogens is 260 g/mol. The van der Waals surface area contributed by atoms with E-state index in [9.17, 15) is 0 Å². The number of benzene rings is 1. The van der Waals surface area contributed by atoms with E-state index in [0.717, 1.165) is 18.2 Å². The molecule has 2 unspecified atom stereocenters. The molecule has 0 aromatic heterocycles. The van der Waals surface area contributed by atoms with Crippen LogP contribution in [0, 0.1) is 11.8 Å². The summed E-state index contributed by atoms with van der Waals surface area (Å²) in [4.78, 5) is 5.27. The van der Waals surface area contributed by atoms with Gasteiger partial charge in [0.25, 0.3) is 0 Å². The molecule has 21 heavy (non-hydrogen) atoms. The van der Waals surface area contributed by atoms with Crippen molar-refractivity contribution < 1.29 is 5.11 Å². The fraction of sp³-hybridized carbons (Fsp3) is 0.556. The molecule has 2 aliphatic rings. The maximum atomic E-state index is 8.72. The summed E-state index contributed by atoms with van der Waals surface area (Å²) in [5.41, 5.74) is 2.32. The van der Waals surface area contributed by atoms with Crippen LogP contribution in [0.25, 0.3) is 0 Å². The largest absolute Gasteiger partial charge is 0.384 e. The van der Waals surface area contributed by atoms with Gasteiger partial charge >= 0.3 is 0 Å². The third-order valence-electron chi connectivity index (χ3n) is 4.72. The number of fused-ring (bicyclic) bond motifs is 1. The molecule has 1 aromatic carbocycles. The summed E-state index contributed by atoms with van der Waals surface area (Å²) in [6.07, 6.45) is 2.72. The topological polar surface area (TPSA) is 26.7 Å². The number of nitrogens with zero attached hydrogens (tertiary/aromatic N) is 2. The number of hydrogen-bond donors (Lipinski definition) is 1. The first-order chi connectivity index (χ1) is 10.3. The van der Waals surface area contributed by atoms with Gasteiger partial charge in [0.05, 0.1) is 0 Å². The van der Waals surface area contributed by atoms with Gasteiger partial charge in [0.15, 0.2) is 0 Å². The molecule has 3 heteroatoms. The average Bonchev–Trinajstić information content (AvgIpc) is 2.94. The van der Waals surface area contributed by atoms with Gasteiger partial charge in [-0.15, -0.1) is 0 Å². The first-order valence-corrected chi connectivity index (χ1v) is 7.93. The molecule has 2 fully saturated rings. The maximum absolute atomic E-state index is 8.72. The minimum atomic E-state index is -0.0784. The molecule has 112 valence electrons. The molecule has 0 amide bonds. The zero-order chi connectivity index (χ0) is 14.7. The minimum absolute atomic E-state index is 0.0784. The van der Waals surface area contributed by atoms with E-state index < -0.39 is 0 Å². The van der Waals surface area contributed by atoms with Crippen molar-refractivity contribution in [2.45, 2.75) is 38.4 Å². The highest BCUT2D eigenvalue weighted by Crippen LogP contribution is 2.25. The molecular formula is C18H24N2O. The molecule has 2 atom stereocenters. The number of hydrogen-bond acceptors (Lipinski definition) is 3. The molecule has 2 heterocycles. The van der Waals surface area contributed by atoms with Crippen molar-refractivity contribution in [2.75, 3.05) is 26.2 Å². The second-order valence-electron chi connectivity index (χ2n) is 6.23. The first-order valence-electron chi connectivity index (χ1n) is 7.93. The Balaban J connectivity index is 1.63. The van der Waals surface area contributed by atoms with Crippen molar-refractivity contribution in [2.24, 2.45) is 0 Å². The van der Waals surface area contributed by atoms with E-state index in [2.05, 4.69) is 52.8 Å². The van der Waals surface area contributed by atoms with E-state index in [1.54, 1.807) is 0 Å². The van der Waals surface area contributed by atoms with Gasteiger partial charge < -0.3 is 5.11 Å². The first kappa shape index (κ1) is 14.6. The Bertz CT molecular complexity index is 528. The molecule has 1 aromatic rings. The van der Waals surface area contributed by atoms with Crippen molar-refractivity contribution in [3.8, 4) is 11.8 Å². The predicted molar refractivity (Wildman–Crippen MR) is 84.9 cm³/mol. The van der Waals surface area contributed by atoms with Gasteiger partial charge in [-0.25, -0.2) is 0 Å². The van der Waals surface area contributed by atoms with Crippen LogP contribution in [0.5, 0.6) is 0 Å². The smallest absolute Gasteiger partial charge is 0.104 e. The normalized spacial score (nSPS) is 26.2. The minimum Gasteiger partial charge on any atom is -0.384 e. The molecule has 0 radical (unpaired) electrons. The Hall–Kier alpha value is -1.34. The van der Waals surface area contributed by atoms with Crippen LogP contribution < -0.4 is 0 Å². The zero-order valence-corrected chi connectivity index (χ0v) is 12.8. The van der Waals surface area contributed by atoms with Gasteiger partial charge in [0.2, 0.25) is 0 Å². The Morgan fingerprint density at radius 2 is 2.05 bits per heavy atom. The van der Waals surface area contributed by atoms with Crippen molar-refractivity contribution in [1.29, 1.82) is 0 Å². The lowest BCUT2D eigenvalue weighted by Gasteiger charge is -2.42. The van der Waals surface area contributed by atoms with Crippen LogP contribution in [0.4, 0.5) is 0 Å². The van der Waals surface area contributed by atoms with E-state index in [1.807, 2.05) is 0 Å². The molecule has 3 rings (SSSR count). The molecule has 3 nitrogen and oxygen atoms in total. The molecule has 0 spiro atoms. The van der Waals surface area contributed by atoms with Crippen molar-refractivity contribution >= 4 is 0 Å². The van der Waals surface area contributed by atoms with Crippen molar-refractivity contribution in [1.82, 2.24) is 9.80 Å². The van der Waals surface area contributed by atoms with Gasteiger partial charge in [0.1, 0.15) is 6.61 Å². The quantitative estimate of drug-likeness (QED) is 0.837. The average molecular weight is 284 g/mol. The molecule has 2 saturated heterocycles. The van der Waals surface area contributed by atoms with Gasteiger partial charge in [-0.3, -0.25) is 9.80 Å². The van der Waals surface area contributed by atoms with Gasteiger partial charge in [-0.05, 0) is 44.0 Å². The standard InChI is InChI=1S/C18H24N2O/c1-15-12-19-10-2-5-18(19)14-20(15)13-17-8-6-16(7-9-17)4-3-11-21/h6-9,15,18,21H,2,5,10-14H2,1H3. The maximum Gasteiger partial charge on any atom is 0.104 e. The Morgan fingerprint density at radius 3 is 2.81 bits per heavy atom. The summed E-state index contributed by atoms with van der Waals surface area (Å²) in [5.74, 6) is 5.63. The fourth-order valence-corrected chi connectivity index (χ4v) is 3.54. The highest BCUT2D eigenvalue weighted by molar-refractivity contribution is 5.36. The second kappa shape index (κ2) is 6.62. The van der Waals surface area contributed by atoms with E-state index in [-0.39, 0.29) is 6.61 Å². The summed E-state index contributed by atoms with van der Waals surface area (Å²) in [6, 6.07) is 9.83. The molecule has 0 saturated carbocycles. The SMILES string of the molecule is CC1CN2CCCC2CN1Cc1ccc(C#CCO)cc1. The molecule has 0 bridgehead atoms. The van der Waals surface area contributed by atoms with E-state index in [0.29, 0.717) is 6.04 Å². The number of piperazine rings is 1. The summed E-state index contributed by atoms with van der Waals surface area (Å²) >= 11 is 0. The van der Waals surface area contributed by atoms with Crippen LogP contribution in [-0.4, -0.2) is 53.2 Å². The van der Waals surface area contributed by atoms with Crippen LogP contribution in [0.1, 0.15) is 30.9 Å². The lowest BCUT2D eigenvalue weighted by Crippen LogP contribution is -2.54. The van der Waals surface area contributed by atoms with E-state index in [4.69, 9.17) is 5.11 Å². The highest BCUT2D eigenvalue weighted by atomic mass is 16.2. The van der Waals surface area contributed by atoms with Crippen LogP contribution in [0.3, 0.4) is 0 Å². The van der Waals surface area contributed by atoms with Gasteiger partial charge in [0, 0.05) is 37.3 Å². The highest BCUT2D eigenvalue weighted by Gasteiger charge is 2.34. The van der Waals surface area contributed by atoms with Crippen LogP contribution in [0.15, 0.2) is 24.3 Å². The van der Waals surface area contributed by atoms with E-state index in [1.165, 1.54) is 38.0 Å². The Kier molecular flexibility index (Phi) is 4.60. The number of aliphatic hydroxyl groups excluding tert-OH is 1. The summed E-state index contributed by atoms with van der Waals surface area (Å²) in [5, 5.41) is 8.72. The lowest BCUT2D eigenvalue weighted by molar-refractivity contribution is 0.0540. The van der Waals surface area contributed by atoms with Crippen LogP contribution in [0.2, 0.25) is 0 Å². The third-order valence-corrected chi connectivity index (χ3v) is 4.72. The zero-order valence-electron chi connectivity index (χ0n) is 12.8. The predicted octanol–water partition coefficient (Wildman–Crippen LogP) is 1.70. The summed E-state index contributed by atoms with van der Waals surface area (Å²) in [6.45, 7) is 7.00. The van der Waals surface area contributed by atoms with Crippen molar-refractivity contribution in [3.05, 3.63) is 35.4 Å². The monoisotopic (exact) mass is 284 g/mol. The Labute approximate surface area is 127 Å². The molecule has 1 N–H and O–H groups in total. The van der Waals surface area contributed by atoms with E-state index >= 15 is 0 Å². The Morgan fingerprint density at radius 1 is 1.24 bits per heavy atom. The van der Waals surface area contributed by atoms with Crippen LogP contribution >= 0.6 is 0 Å². The number of aliphatic hydroxyl groups is 1. The number of rotatable bonds is 2. The van der Waals surface area contributed by atoms with Gasteiger partial charge in [-0.2, -0.15) is 0 Å². The van der Waals surface area contributed by atoms with Crippen LogP contribution in [-0.2, 0) is 6.54 Å². The summed E-state index contributed by atoms with van der Waals surface area (Å²) < 4.78 is 0.